The number of nitrogens with one attached hydrogen (secondary N) is 2. The molecule has 0 aliphatic rings. The highest BCUT2D eigenvalue weighted by molar-refractivity contribution is 7.09. The fourth-order valence-corrected chi connectivity index (χ4v) is 2.96. The normalized spacial score (nSPS) is 12.4. The summed E-state index contributed by atoms with van der Waals surface area (Å²) >= 11 is 1.68. The lowest BCUT2D eigenvalue weighted by Gasteiger charge is -2.11. The molecule has 4 nitrogen and oxygen atoms in total. The second-order valence-electron chi connectivity index (χ2n) is 5.01. The van der Waals surface area contributed by atoms with Gasteiger partial charge in [-0.2, -0.15) is 0 Å². The molecule has 3 aromatic rings. The SMILES string of the molecule is C[C@@H](NC(=O)CCc1cccs1)c1nc2ccccc2[nH]1. The van der Waals surface area contributed by atoms with Crippen molar-refractivity contribution in [3.05, 3.63) is 52.5 Å². The number of benzene rings is 1. The predicted octanol–water partition coefficient (Wildman–Crippen LogP) is 3.43. The Balaban J connectivity index is 1.60. The van der Waals surface area contributed by atoms with Crippen molar-refractivity contribution in [1.29, 1.82) is 0 Å². The molecule has 0 bridgehead atoms. The second-order valence-corrected chi connectivity index (χ2v) is 6.04. The van der Waals surface area contributed by atoms with E-state index >= 15 is 0 Å². The van der Waals surface area contributed by atoms with Gasteiger partial charge in [-0.3, -0.25) is 4.79 Å². The molecule has 2 heterocycles. The van der Waals surface area contributed by atoms with Crippen molar-refractivity contribution in [2.75, 3.05) is 0 Å². The molecular weight excluding hydrogens is 282 g/mol. The Morgan fingerprint density at radius 2 is 2.19 bits per heavy atom. The molecule has 0 radical (unpaired) electrons. The summed E-state index contributed by atoms with van der Waals surface area (Å²) in [5, 5.41) is 5.02. The molecule has 2 aromatic heterocycles. The van der Waals surface area contributed by atoms with Crippen molar-refractivity contribution in [3.8, 4) is 0 Å². The maximum atomic E-state index is 12.0. The summed E-state index contributed by atoms with van der Waals surface area (Å²) in [7, 11) is 0. The van der Waals surface area contributed by atoms with Crippen molar-refractivity contribution in [1.82, 2.24) is 15.3 Å². The summed E-state index contributed by atoms with van der Waals surface area (Å²) in [6, 6.07) is 11.8. The van der Waals surface area contributed by atoms with Gasteiger partial charge in [-0.15, -0.1) is 11.3 Å². The average molecular weight is 299 g/mol. The summed E-state index contributed by atoms with van der Waals surface area (Å²) in [6.07, 6.45) is 1.29. The van der Waals surface area contributed by atoms with Gasteiger partial charge < -0.3 is 10.3 Å². The molecule has 0 unspecified atom stereocenters. The van der Waals surface area contributed by atoms with Crippen LogP contribution in [0.15, 0.2) is 41.8 Å². The minimum Gasteiger partial charge on any atom is -0.346 e. The Kier molecular flexibility index (Phi) is 4.01. The minimum atomic E-state index is -0.117. The second kappa shape index (κ2) is 6.10. The number of para-hydroxylation sites is 2. The first-order chi connectivity index (χ1) is 10.2. The number of fused-ring (bicyclic) bond motifs is 1. The van der Waals surface area contributed by atoms with E-state index < -0.39 is 0 Å². The third kappa shape index (κ3) is 3.31. The molecule has 0 saturated carbocycles. The van der Waals surface area contributed by atoms with Gasteiger partial charge in [0.2, 0.25) is 5.91 Å². The van der Waals surface area contributed by atoms with E-state index in [1.165, 1.54) is 4.88 Å². The van der Waals surface area contributed by atoms with Gasteiger partial charge >= 0.3 is 0 Å². The first-order valence-corrected chi connectivity index (χ1v) is 7.87. The lowest BCUT2D eigenvalue weighted by atomic mass is 10.2. The third-order valence-electron chi connectivity index (χ3n) is 3.37. The number of nitrogens with zero attached hydrogens (tertiary/aromatic N) is 1. The number of aryl methyl sites for hydroxylation is 1. The van der Waals surface area contributed by atoms with Gasteiger partial charge in [0.25, 0.3) is 0 Å². The first-order valence-electron chi connectivity index (χ1n) is 6.99. The Bertz CT molecular complexity index is 700. The summed E-state index contributed by atoms with van der Waals surface area (Å²) in [5.41, 5.74) is 1.92. The fourth-order valence-electron chi connectivity index (χ4n) is 2.25. The maximum absolute atomic E-state index is 12.0. The molecular formula is C16H17N3OS. The minimum absolute atomic E-state index is 0.0522. The Hall–Kier alpha value is -2.14. The zero-order valence-electron chi connectivity index (χ0n) is 11.8. The third-order valence-corrected chi connectivity index (χ3v) is 4.31. The van der Waals surface area contributed by atoms with Gasteiger partial charge in [0, 0.05) is 11.3 Å². The van der Waals surface area contributed by atoms with E-state index in [0.717, 1.165) is 23.3 Å². The topological polar surface area (TPSA) is 57.8 Å². The van der Waals surface area contributed by atoms with Crippen LogP contribution < -0.4 is 5.32 Å². The Labute approximate surface area is 127 Å². The fraction of sp³-hybridized carbons (Fsp3) is 0.250. The summed E-state index contributed by atoms with van der Waals surface area (Å²) < 4.78 is 0. The zero-order chi connectivity index (χ0) is 14.7. The number of aromatic nitrogens is 2. The number of thiophene rings is 1. The molecule has 3 rings (SSSR count). The Morgan fingerprint density at radius 1 is 1.33 bits per heavy atom. The number of hydrogen-bond acceptors (Lipinski definition) is 3. The van der Waals surface area contributed by atoms with Crippen LogP contribution in [0.1, 0.15) is 30.1 Å². The van der Waals surface area contributed by atoms with E-state index in [1.54, 1.807) is 11.3 Å². The molecule has 0 aliphatic heterocycles. The molecule has 21 heavy (non-hydrogen) atoms. The van der Waals surface area contributed by atoms with E-state index in [-0.39, 0.29) is 11.9 Å². The number of H-pyrrole nitrogens is 1. The molecule has 1 atom stereocenters. The van der Waals surface area contributed by atoms with Crippen LogP contribution in [-0.2, 0) is 11.2 Å². The highest BCUT2D eigenvalue weighted by Gasteiger charge is 2.13. The van der Waals surface area contributed by atoms with Crippen molar-refractivity contribution in [2.45, 2.75) is 25.8 Å². The summed E-state index contributed by atoms with van der Waals surface area (Å²) in [5.74, 6) is 0.844. The zero-order valence-corrected chi connectivity index (χ0v) is 12.6. The van der Waals surface area contributed by atoms with Crippen LogP contribution in [0.2, 0.25) is 0 Å². The largest absolute Gasteiger partial charge is 0.346 e. The number of carbonyl (C=O) groups is 1. The van der Waals surface area contributed by atoms with E-state index in [9.17, 15) is 4.79 Å². The standard InChI is InChI=1S/C16H17N3OS/c1-11(16-18-13-6-2-3-7-14(13)19-16)17-15(20)9-8-12-5-4-10-21-12/h2-7,10-11H,8-9H2,1H3,(H,17,20)(H,18,19)/t11-/m1/s1. The molecule has 0 aliphatic carbocycles. The van der Waals surface area contributed by atoms with E-state index in [1.807, 2.05) is 42.6 Å². The van der Waals surface area contributed by atoms with Crippen molar-refractivity contribution < 1.29 is 4.79 Å². The highest BCUT2D eigenvalue weighted by Crippen LogP contribution is 2.16. The van der Waals surface area contributed by atoms with Crippen LogP contribution in [-0.4, -0.2) is 15.9 Å². The van der Waals surface area contributed by atoms with E-state index in [2.05, 4.69) is 21.4 Å². The van der Waals surface area contributed by atoms with Gasteiger partial charge in [0.05, 0.1) is 17.1 Å². The number of rotatable bonds is 5. The van der Waals surface area contributed by atoms with Gasteiger partial charge in [-0.25, -0.2) is 4.98 Å². The quantitative estimate of drug-likeness (QED) is 0.758. The molecule has 5 heteroatoms. The van der Waals surface area contributed by atoms with Gasteiger partial charge in [0.1, 0.15) is 5.82 Å². The van der Waals surface area contributed by atoms with E-state index in [0.29, 0.717) is 6.42 Å². The molecule has 1 aromatic carbocycles. The molecule has 0 fully saturated rings. The van der Waals surface area contributed by atoms with E-state index in [4.69, 9.17) is 0 Å². The van der Waals surface area contributed by atoms with Gasteiger partial charge in [0.15, 0.2) is 0 Å². The van der Waals surface area contributed by atoms with Gasteiger partial charge in [-0.1, -0.05) is 18.2 Å². The van der Waals surface area contributed by atoms with Crippen LogP contribution in [0.4, 0.5) is 0 Å². The monoisotopic (exact) mass is 299 g/mol. The molecule has 0 saturated heterocycles. The molecule has 108 valence electrons. The smallest absolute Gasteiger partial charge is 0.220 e. The summed E-state index contributed by atoms with van der Waals surface area (Å²) in [4.78, 5) is 21.0. The molecule has 2 N–H and O–H groups in total. The van der Waals surface area contributed by atoms with Crippen molar-refractivity contribution in [3.63, 3.8) is 0 Å². The molecule has 1 amide bonds. The highest BCUT2D eigenvalue weighted by atomic mass is 32.1. The first kappa shape index (κ1) is 13.8. The van der Waals surface area contributed by atoms with Crippen LogP contribution in [0.25, 0.3) is 11.0 Å². The lowest BCUT2D eigenvalue weighted by molar-refractivity contribution is -0.121. The van der Waals surface area contributed by atoms with Crippen molar-refractivity contribution >= 4 is 28.3 Å². The lowest BCUT2D eigenvalue weighted by Crippen LogP contribution is -2.27. The van der Waals surface area contributed by atoms with Crippen LogP contribution in [0.5, 0.6) is 0 Å². The molecule has 0 spiro atoms. The number of imidazole rings is 1. The van der Waals surface area contributed by atoms with Gasteiger partial charge in [-0.05, 0) is 36.9 Å². The number of carbonyl (C=O) groups excluding carboxylic acids is 1. The number of aromatic amines is 1. The Morgan fingerprint density at radius 3 is 2.95 bits per heavy atom. The average Bonchev–Trinajstić information content (AvgIpc) is 3.14. The maximum Gasteiger partial charge on any atom is 0.220 e. The number of hydrogen-bond donors (Lipinski definition) is 2. The van der Waals surface area contributed by atoms with Crippen molar-refractivity contribution in [2.24, 2.45) is 0 Å². The van der Waals surface area contributed by atoms with Crippen LogP contribution in [0, 0.1) is 0 Å². The van der Waals surface area contributed by atoms with Crippen LogP contribution in [0.3, 0.4) is 0 Å². The van der Waals surface area contributed by atoms with Crippen LogP contribution >= 0.6 is 11.3 Å². The summed E-state index contributed by atoms with van der Waals surface area (Å²) in [6.45, 7) is 1.95. The number of amides is 1. The predicted molar refractivity (Wildman–Crippen MR) is 85.3 cm³/mol.